The molecule has 1 N–H and O–H groups in total. The first-order valence-electron chi connectivity index (χ1n) is 7.81. The molecule has 0 saturated carbocycles. The number of likely N-dealkylation sites (tertiary alicyclic amines) is 1. The summed E-state index contributed by atoms with van der Waals surface area (Å²) in [5.74, 6) is -0.622. The van der Waals surface area contributed by atoms with Gasteiger partial charge in [0.15, 0.2) is 0 Å². The summed E-state index contributed by atoms with van der Waals surface area (Å²) in [5.41, 5.74) is 2.27. The van der Waals surface area contributed by atoms with Crippen molar-refractivity contribution >= 4 is 21.9 Å². The number of fused-ring (bicyclic) bond motifs is 1. The van der Waals surface area contributed by atoms with Crippen LogP contribution in [0, 0.1) is 5.41 Å². The quantitative estimate of drug-likeness (QED) is 0.894. The maximum Gasteiger partial charge on any atom is 0.310 e. The Morgan fingerprint density at radius 3 is 3.05 bits per heavy atom. The average molecular weight is 352 g/mol. The summed E-state index contributed by atoms with van der Waals surface area (Å²) in [6, 6.07) is 6.92. The molecule has 0 spiro atoms. The largest absolute Gasteiger partial charge is 0.481 e. The molecule has 2 unspecified atom stereocenters. The van der Waals surface area contributed by atoms with E-state index in [9.17, 15) is 9.90 Å². The molecular weight excluding hydrogens is 330 g/mol. The number of halogens is 1. The molecule has 0 bridgehead atoms. The van der Waals surface area contributed by atoms with E-state index in [-0.39, 0.29) is 0 Å². The number of carbonyl (C=O) groups is 1. The minimum Gasteiger partial charge on any atom is -0.481 e. The highest BCUT2D eigenvalue weighted by atomic mass is 79.9. The molecule has 3 nitrogen and oxygen atoms in total. The van der Waals surface area contributed by atoms with Crippen molar-refractivity contribution in [3.63, 3.8) is 0 Å². The molecule has 21 heavy (non-hydrogen) atoms. The van der Waals surface area contributed by atoms with Crippen LogP contribution in [-0.4, -0.2) is 29.1 Å². The van der Waals surface area contributed by atoms with Crippen LogP contribution in [0.1, 0.15) is 49.8 Å². The van der Waals surface area contributed by atoms with Crippen molar-refractivity contribution in [2.24, 2.45) is 5.41 Å². The number of aryl methyl sites for hydroxylation is 1. The van der Waals surface area contributed by atoms with Gasteiger partial charge in [-0.1, -0.05) is 28.9 Å². The van der Waals surface area contributed by atoms with Crippen molar-refractivity contribution in [1.29, 1.82) is 0 Å². The third kappa shape index (κ3) is 2.64. The molecule has 1 heterocycles. The summed E-state index contributed by atoms with van der Waals surface area (Å²) < 4.78 is 1.13. The SMILES string of the molecule is CCC1(C(=O)O)CCCN(C2CCc3cc(Br)ccc32)C1. The highest BCUT2D eigenvalue weighted by Crippen LogP contribution is 2.42. The molecule has 0 radical (unpaired) electrons. The van der Waals surface area contributed by atoms with E-state index in [0.717, 1.165) is 43.1 Å². The van der Waals surface area contributed by atoms with Crippen LogP contribution in [0.15, 0.2) is 22.7 Å². The molecule has 3 rings (SSSR count). The topological polar surface area (TPSA) is 40.5 Å². The summed E-state index contributed by atoms with van der Waals surface area (Å²) in [7, 11) is 0. The second-order valence-electron chi connectivity index (χ2n) is 6.41. The summed E-state index contributed by atoms with van der Waals surface area (Å²) >= 11 is 3.54. The Hall–Kier alpha value is -0.870. The van der Waals surface area contributed by atoms with E-state index in [2.05, 4.69) is 39.0 Å². The van der Waals surface area contributed by atoms with E-state index in [0.29, 0.717) is 12.6 Å². The Morgan fingerprint density at radius 2 is 2.33 bits per heavy atom. The minimum atomic E-state index is -0.622. The summed E-state index contributed by atoms with van der Waals surface area (Å²) in [6.07, 6.45) is 4.74. The maximum atomic E-state index is 11.7. The van der Waals surface area contributed by atoms with Crippen molar-refractivity contribution < 1.29 is 9.90 Å². The van der Waals surface area contributed by atoms with Crippen LogP contribution in [0.25, 0.3) is 0 Å². The second kappa shape index (κ2) is 5.73. The zero-order chi connectivity index (χ0) is 15.0. The van der Waals surface area contributed by atoms with Crippen LogP contribution >= 0.6 is 15.9 Å². The summed E-state index contributed by atoms with van der Waals surface area (Å²) in [5, 5.41) is 9.65. The van der Waals surface area contributed by atoms with E-state index in [1.165, 1.54) is 11.1 Å². The fourth-order valence-corrected chi connectivity index (χ4v) is 4.40. The van der Waals surface area contributed by atoms with Crippen molar-refractivity contribution in [3.05, 3.63) is 33.8 Å². The Balaban J connectivity index is 1.84. The maximum absolute atomic E-state index is 11.7. The zero-order valence-electron chi connectivity index (χ0n) is 12.4. The number of hydrogen-bond acceptors (Lipinski definition) is 2. The van der Waals surface area contributed by atoms with Crippen molar-refractivity contribution in [1.82, 2.24) is 4.90 Å². The highest BCUT2D eigenvalue weighted by Gasteiger charge is 2.43. The highest BCUT2D eigenvalue weighted by molar-refractivity contribution is 9.10. The predicted molar refractivity (Wildman–Crippen MR) is 86.4 cm³/mol. The van der Waals surface area contributed by atoms with Gasteiger partial charge < -0.3 is 5.11 Å². The number of rotatable bonds is 3. The second-order valence-corrected chi connectivity index (χ2v) is 7.33. The van der Waals surface area contributed by atoms with E-state index >= 15 is 0 Å². The molecule has 1 aliphatic heterocycles. The molecular formula is C17H22BrNO2. The van der Waals surface area contributed by atoms with Gasteiger partial charge in [-0.05, 0) is 61.9 Å². The number of nitrogens with zero attached hydrogens (tertiary/aromatic N) is 1. The number of aliphatic carboxylic acids is 1. The van der Waals surface area contributed by atoms with Crippen LogP contribution in [0.5, 0.6) is 0 Å². The standard InChI is InChI=1S/C17H22BrNO2/c1-2-17(16(20)21)8-3-9-19(11-17)15-7-4-12-10-13(18)5-6-14(12)15/h5-6,10,15H,2-4,7-9,11H2,1H3,(H,20,21). The number of benzene rings is 1. The lowest BCUT2D eigenvalue weighted by molar-refractivity contribution is -0.153. The van der Waals surface area contributed by atoms with Crippen LogP contribution in [-0.2, 0) is 11.2 Å². The third-order valence-electron chi connectivity index (χ3n) is 5.33. The van der Waals surface area contributed by atoms with Gasteiger partial charge in [0.1, 0.15) is 0 Å². The molecule has 1 aromatic carbocycles. The van der Waals surface area contributed by atoms with Crippen molar-refractivity contribution in [3.8, 4) is 0 Å². The molecule has 1 saturated heterocycles. The van der Waals surface area contributed by atoms with Gasteiger partial charge in [-0.25, -0.2) is 0 Å². The van der Waals surface area contributed by atoms with Crippen LogP contribution in [0.4, 0.5) is 0 Å². The molecule has 2 atom stereocenters. The third-order valence-corrected chi connectivity index (χ3v) is 5.82. The lowest BCUT2D eigenvalue weighted by Crippen LogP contribution is -2.48. The molecule has 114 valence electrons. The van der Waals surface area contributed by atoms with Crippen LogP contribution < -0.4 is 0 Å². The first-order valence-corrected chi connectivity index (χ1v) is 8.61. The van der Waals surface area contributed by atoms with Gasteiger partial charge >= 0.3 is 5.97 Å². The Bertz CT molecular complexity index is 560. The zero-order valence-corrected chi connectivity index (χ0v) is 14.0. The molecule has 2 aliphatic rings. The first-order chi connectivity index (χ1) is 10.1. The average Bonchev–Trinajstić information content (AvgIpc) is 2.90. The fourth-order valence-electron chi connectivity index (χ4n) is 3.99. The summed E-state index contributed by atoms with van der Waals surface area (Å²) in [4.78, 5) is 14.1. The minimum absolute atomic E-state index is 0.402. The first kappa shape index (κ1) is 15.0. The van der Waals surface area contributed by atoms with Crippen molar-refractivity contribution in [2.75, 3.05) is 13.1 Å². The van der Waals surface area contributed by atoms with Gasteiger partial charge in [-0.15, -0.1) is 0 Å². The number of carboxylic acids is 1. The Morgan fingerprint density at radius 1 is 1.52 bits per heavy atom. The van der Waals surface area contributed by atoms with Gasteiger partial charge in [-0.3, -0.25) is 9.69 Å². The molecule has 1 aliphatic carbocycles. The lowest BCUT2D eigenvalue weighted by Gasteiger charge is -2.42. The smallest absolute Gasteiger partial charge is 0.310 e. The van der Waals surface area contributed by atoms with E-state index < -0.39 is 11.4 Å². The van der Waals surface area contributed by atoms with Crippen LogP contribution in [0.3, 0.4) is 0 Å². The molecule has 1 fully saturated rings. The molecule has 0 aromatic heterocycles. The van der Waals surface area contributed by atoms with Gasteiger partial charge in [0, 0.05) is 17.1 Å². The number of hydrogen-bond donors (Lipinski definition) is 1. The van der Waals surface area contributed by atoms with Gasteiger partial charge in [0.05, 0.1) is 5.41 Å². The number of carboxylic acid groups (broad SMARTS) is 1. The normalized spacial score (nSPS) is 29.3. The number of piperidine rings is 1. The van der Waals surface area contributed by atoms with E-state index in [4.69, 9.17) is 0 Å². The van der Waals surface area contributed by atoms with Gasteiger partial charge in [0.2, 0.25) is 0 Å². The Labute approximate surface area is 134 Å². The predicted octanol–water partition coefficient (Wildman–Crippen LogP) is 4.01. The monoisotopic (exact) mass is 351 g/mol. The van der Waals surface area contributed by atoms with E-state index in [1.807, 2.05) is 6.92 Å². The van der Waals surface area contributed by atoms with Gasteiger partial charge in [0.25, 0.3) is 0 Å². The van der Waals surface area contributed by atoms with Crippen LogP contribution in [0.2, 0.25) is 0 Å². The lowest BCUT2D eigenvalue weighted by atomic mass is 9.77. The molecule has 1 aromatic rings. The molecule has 0 amide bonds. The van der Waals surface area contributed by atoms with E-state index in [1.54, 1.807) is 0 Å². The molecule has 4 heteroatoms. The fraction of sp³-hybridized carbons (Fsp3) is 0.588. The van der Waals surface area contributed by atoms with Crippen molar-refractivity contribution in [2.45, 2.75) is 45.1 Å². The van der Waals surface area contributed by atoms with Gasteiger partial charge in [-0.2, -0.15) is 0 Å². The Kier molecular flexibility index (Phi) is 4.10. The summed E-state index contributed by atoms with van der Waals surface area (Å²) in [6.45, 7) is 3.73.